The Morgan fingerprint density at radius 3 is 2.54 bits per heavy atom. The van der Waals surface area contributed by atoms with Crippen molar-refractivity contribution in [3.05, 3.63) is 77.6 Å². The molecule has 2 N–H and O–H groups in total. The molecule has 0 amide bonds. The lowest BCUT2D eigenvalue weighted by molar-refractivity contribution is 0.408. The van der Waals surface area contributed by atoms with Crippen molar-refractivity contribution in [2.45, 2.75) is 20.0 Å². The summed E-state index contributed by atoms with van der Waals surface area (Å²) in [6.07, 6.45) is 1.96. The number of ether oxygens (including phenoxy) is 1. The number of aryl methyl sites for hydroxylation is 1. The first-order chi connectivity index (χ1) is 13.2. The number of aromatic nitrogens is 2. The predicted molar refractivity (Wildman–Crippen MR) is 124 cm³/mol. The van der Waals surface area contributed by atoms with Crippen molar-refractivity contribution >= 4 is 29.9 Å². The summed E-state index contributed by atoms with van der Waals surface area (Å²) < 4.78 is 7.32. The average molecular weight is 491 g/mol. The molecule has 6 nitrogen and oxygen atoms in total. The Morgan fingerprint density at radius 2 is 1.82 bits per heavy atom. The summed E-state index contributed by atoms with van der Waals surface area (Å²) in [6.45, 7) is 3.26. The first-order valence-electron chi connectivity index (χ1n) is 8.87. The van der Waals surface area contributed by atoms with Crippen LogP contribution in [0.4, 0.5) is 0 Å². The highest BCUT2D eigenvalue weighted by Crippen LogP contribution is 2.19. The molecule has 7 heteroatoms. The van der Waals surface area contributed by atoms with Gasteiger partial charge in [0.2, 0.25) is 0 Å². The van der Waals surface area contributed by atoms with Crippen molar-refractivity contribution in [1.82, 2.24) is 20.4 Å². The second-order valence-electron chi connectivity index (χ2n) is 6.18. The van der Waals surface area contributed by atoms with Gasteiger partial charge in [-0.2, -0.15) is 5.10 Å². The van der Waals surface area contributed by atoms with Crippen LogP contribution in [0.2, 0.25) is 0 Å². The molecule has 0 radical (unpaired) electrons. The molecule has 0 saturated heterocycles. The minimum Gasteiger partial charge on any atom is -0.496 e. The third-order valence-electron chi connectivity index (χ3n) is 4.21. The van der Waals surface area contributed by atoms with Crippen molar-refractivity contribution in [3.8, 4) is 11.4 Å². The van der Waals surface area contributed by atoms with E-state index in [-0.39, 0.29) is 24.0 Å². The minimum absolute atomic E-state index is 0. The van der Waals surface area contributed by atoms with Gasteiger partial charge in [0.05, 0.1) is 25.0 Å². The molecule has 0 aliphatic carbocycles. The zero-order chi connectivity index (χ0) is 19.1. The van der Waals surface area contributed by atoms with Crippen LogP contribution in [0.5, 0.6) is 5.75 Å². The van der Waals surface area contributed by atoms with Crippen LogP contribution in [0.15, 0.2) is 65.8 Å². The summed E-state index contributed by atoms with van der Waals surface area (Å²) in [6, 6.07) is 18.2. The number of methoxy groups -OCH3 is 1. The molecule has 28 heavy (non-hydrogen) atoms. The van der Waals surface area contributed by atoms with Crippen LogP contribution in [0.25, 0.3) is 5.69 Å². The molecule has 3 aromatic rings. The third-order valence-corrected chi connectivity index (χ3v) is 4.21. The van der Waals surface area contributed by atoms with Crippen molar-refractivity contribution in [2.24, 2.45) is 4.99 Å². The Morgan fingerprint density at radius 1 is 1.07 bits per heavy atom. The lowest BCUT2D eigenvalue weighted by Crippen LogP contribution is -2.36. The third kappa shape index (κ3) is 5.72. The van der Waals surface area contributed by atoms with Crippen molar-refractivity contribution in [1.29, 1.82) is 0 Å². The SMILES string of the molecule is CN=C(NCc1ccn(-c2ccccc2)n1)NCc1ccc(C)cc1OC.I. The van der Waals surface area contributed by atoms with Gasteiger partial charge in [-0.3, -0.25) is 4.99 Å². The monoisotopic (exact) mass is 491 g/mol. The van der Waals surface area contributed by atoms with Crippen LogP contribution < -0.4 is 15.4 Å². The molecule has 2 aromatic carbocycles. The zero-order valence-electron chi connectivity index (χ0n) is 16.3. The standard InChI is InChI=1S/C21H25N5O.HI/c1-16-9-10-17(20(13-16)27-3)14-23-21(22-2)24-15-18-11-12-26(25-18)19-7-5-4-6-8-19;/h4-13H,14-15H2,1-3H3,(H2,22,23,24);1H. The number of aliphatic imine (C=N–C) groups is 1. The van der Waals surface area contributed by atoms with E-state index >= 15 is 0 Å². The largest absolute Gasteiger partial charge is 0.496 e. The maximum atomic E-state index is 5.45. The quantitative estimate of drug-likeness (QED) is 0.314. The van der Waals surface area contributed by atoms with Gasteiger partial charge in [0, 0.05) is 25.4 Å². The van der Waals surface area contributed by atoms with Crippen LogP contribution in [-0.4, -0.2) is 29.9 Å². The molecular formula is C21H26IN5O. The predicted octanol–water partition coefficient (Wildman–Crippen LogP) is 3.67. The lowest BCUT2D eigenvalue weighted by Gasteiger charge is -2.13. The summed E-state index contributed by atoms with van der Waals surface area (Å²) in [4.78, 5) is 4.28. The number of nitrogens with one attached hydrogen (secondary N) is 2. The van der Waals surface area contributed by atoms with Crippen molar-refractivity contribution in [2.75, 3.05) is 14.2 Å². The molecule has 0 fully saturated rings. The van der Waals surface area contributed by atoms with Crippen LogP contribution in [0.1, 0.15) is 16.8 Å². The Balaban J connectivity index is 0.00000280. The van der Waals surface area contributed by atoms with E-state index in [9.17, 15) is 0 Å². The summed E-state index contributed by atoms with van der Waals surface area (Å²) >= 11 is 0. The molecule has 0 aliphatic rings. The van der Waals surface area contributed by atoms with Crippen LogP contribution in [0, 0.1) is 6.92 Å². The van der Waals surface area contributed by atoms with Crippen LogP contribution in [-0.2, 0) is 13.1 Å². The smallest absolute Gasteiger partial charge is 0.191 e. The van der Waals surface area contributed by atoms with Gasteiger partial charge in [0.15, 0.2) is 5.96 Å². The molecule has 3 rings (SSSR count). The number of nitrogens with zero attached hydrogens (tertiary/aromatic N) is 3. The molecule has 1 aromatic heterocycles. The van der Waals surface area contributed by atoms with E-state index in [0.29, 0.717) is 19.0 Å². The van der Waals surface area contributed by atoms with Crippen molar-refractivity contribution in [3.63, 3.8) is 0 Å². The minimum atomic E-state index is 0. The lowest BCUT2D eigenvalue weighted by atomic mass is 10.1. The van der Waals surface area contributed by atoms with Gasteiger partial charge in [-0.05, 0) is 36.8 Å². The molecule has 0 bridgehead atoms. The summed E-state index contributed by atoms with van der Waals surface area (Å²) in [5, 5.41) is 11.2. The number of benzene rings is 2. The summed E-state index contributed by atoms with van der Waals surface area (Å²) in [5.41, 5.74) is 4.24. The van der Waals surface area contributed by atoms with E-state index in [1.165, 1.54) is 5.56 Å². The molecule has 0 spiro atoms. The van der Waals surface area contributed by atoms with Gasteiger partial charge < -0.3 is 15.4 Å². The zero-order valence-corrected chi connectivity index (χ0v) is 18.7. The van der Waals surface area contributed by atoms with E-state index < -0.39 is 0 Å². The Hall–Kier alpha value is -2.55. The number of hydrogen-bond acceptors (Lipinski definition) is 3. The first kappa shape index (κ1) is 21.7. The first-order valence-corrected chi connectivity index (χ1v) is 8.87. The van der Waals surface area contributed by atoms with Crippen molar-refractivity contribution < 1.29 is 4.74 Å². The van der Waals surface area contributed by atoms with Gasteiger partial charge in [-0.25, -0.2) is 4.68 Å². The molecular weight excluding hydrogens is 465 g/mol. The van der Waals surface area contributed by atoms with E-state index in [0.717, 1.165) is 22.7 Å². The fourth-order valence-electron chi connectivity index (χ4n) is 2.75. The van der Waals surface area contributed by atoms with E-state index in [1.54, 1.807) is 14.2 Å². The highest BCUT2D eigenvalue weighted by molar-refractivity contribution is 14.0. The van der Waals surface area contributed by atoms with Gasteiger partial charge in [-0.1, -0.05) is 30.3 Å². The Kier molecular flexibility index (Phi) is 8.31. The van der Waals surface area contributed by atoms with Crippen LogP contribution >= 0.6 is 24.0 Å². The highest BCUT2D eigenvalue weighted by atomic mass is 127. The second-order valence-corrected chi connectivity index (χ2v) is 6.18. The van der Waals surface area contributed by atoms with E-state index in [1.807, 2.05) is 53.3 Å². The average Bonchev–Trinajstić information content (AvgIpc) is 3.18. The molecule has 0 aliphatic heterocycles. The van der Waals surface area contributed by atoms with Gasteiger partial charge >= 0.3 is 0 Å². The van der Waals surface area contributed by atoms with Crippen LogP contribution in [0.3, 0.4) is 0 Å². The summed E-state index contributed by atoms with van der Waals surface area (Å²) in [7, 11) is 3.44. The molecule has 0 saturated carbocycles. The maximum absolute atomic E-state index is 5.45. The van der Waals surface area contributed by atoms with E-state index in [2.05, 4.69) is 39.8 Å². The molecule has 1 heterocycles. The van der Waals surface area contributed by atoms with E-state index in [4.69, 9.17) is 4.74 Å². The fourth-order valence-corrected chi connectivity index (χ4v) is 2.75. The van der Waals surface area contributed by atoms with Gasteiger partial charge in [0.25, 0.3) is 0 Å². The second kappa shape index (κ2) is 10.7. The topological polar surface area (TPSA) is 63.5 Å². The number of halogens is 1. The summed E-state index contributed by atoms with van der Waals surface area (Å²) in [5.74, 6) is 1.59. The number of rotatable bonds is 6. The molecule has 0 unspecified atom stereocenters. The Labute approximate surface area is 183 Å². The van der Waals surface area contributed by atoms with Gasteiger partial charge in [-0.15, -0.1) is 24.0 Å². The molecule has 0 atom stereocenters. The Bertz CT molecular complexity index is 908. The normalized spacial score (nSPS) is 10.9. The number of guanidine groups is 1. The fraction of sp³-hybridized carbons (Fsp3) is 0.238. The maximum Gasteiger partial charge on any atom is 0.191 e. The highest BCUT2D eigenvalue weighted by Gasteiger charge is 2.06. The number of para-hydroxylation sites is 1. The number of hydrogen-bond donors (Lipinski definition) is 2. The van der Waals surface area contributed by atoms with Gasteiger partial charge in [0.1, 0.15) is 5.75 Å². The molecule has 148 valence electrons.